The van der Waals surface area contributed by atoms with E-state index in [1.807, 2.05) is 48.5 Å². The lowest BCUT2D eigenvalue weighted by Gasteiger charge is -2.08. The molecule has 31 heavy (non-hydrogen) atoms. The summed E-state index contributed by atoms with van der Waals surface area (Å²) in [6.45, 7) is 4.93. The average Bonchev–Trinajstić information content (AvgIpc) is 2.79. The summed E-state index contributed by atoms with van der Waals surface area (Å²) in [5.41, 5.74) is 4.30. The molecule has 3 rings (SSSR count). The molecule has 6 nitrogen and oxygen atoms in total. The summed E-state index contributed by atoms with van der Waals surface area (Å²) in [4.78, 5) is 33.2. The first kappa shape index (κ1) is 21.5. The fourth-order valence-electron chi connectivity index (χ4n) is 2.74. The van der Waals surface area contributed by atoms with Gasteiger partial charge in [0.25, 0.3) is 6.47 Å². The van der Waals surface area contributed by atoms with Gasteiger partial charge in [0.2, 0.25) is 0 Å². The molecular weight excluding hydrogens is 396 g/mol. The highest BCUT2D eigenvalue weighted by molar-refractivity contribution is 5.88. The normalized spacial score (nSPS) is 10.1. The third-order valence-electron chi connectivity index (χ3n) is 4.32. The summed E-state index contributed by atoms with van der Waals surface area (Å²) in [6.07, 6.45) is 0. The van der Waals surface area contributed by atoms with E-state index in [4.69, 9.17) is 9.47 Å². The van der Waals surface area contributed by atoms with Gasteiger partial charge in [-0.3, -0.25) is 4.79 Å². The second kappa shape index (κ2) is 10.0. The maximum Gasteiger partial charge on any atom is 0.349 e. The summed E-state index contributed by atoms with van der Waals surface area (Å²) >= 11 is 0. The molecule has 0 aliphatic heterocycles. The number of carbonyl (C=O) groups excluding carboxylic acids is 3. The molecule has 0 aliphatic rings. The molecule has 6 heteroatoms. The molecule has 0 aliphatic carbocycles. The quantitative estimate of drug-likeness (QED) is 0.231. The molecule has 0 bridgehead atoms. The number of carbonyl (C=O) groups is 3. The fourth-order valence-corrected chi connectivity index (χ4v) is 2.74. The van der Waals surface area contributed by atoms with E-state index in [1.165, 1.54) is 0 Å². The van der Waals surface area contributed by atoms with E-state index in [2.05, 4.69) is 11.3 Å². The monoisotopic (exact) mass is 416 g/mol. The first-order valence-electron chi connectivity index (χ1n) is 9.41. The van der Waals surface area contributed by atoms with Crippen LogP contribution in [0.3, 0.4) is 0 Å². The van der Waals surface area contributed by atoms with Crippen LogP contribution in [0.4, 0.5) is 0 Å². The van der Waals surface area contributed by atoms with Crippen LogP contribution in [0.1, 0.15) is 6.92 Å². The molecule has 156 valence electrons. The minimum atomic E-state index is -0.649. The maximum atomic E-state index is 11.6. The molecule has 0 unspecified atom stereocenters. The van der Waals surface area contributed by atoms with Crippen LogP contribution in [0.5, 0.6) is 11.5 Å². The number of ether oxygens (including phenoxy) is 3. The molecule has 0 spiro atoms. The van der Waals surface area contributed by atoms with Crippen molar-refractivity contribution in [2.75, 3.05) is 6.61 Å². The van der Waals surface area contributed by atoms with E-state index in [0.717, 1.165) is 22.3 Å². The van der Waals surface area contributed by atoms with Gasteiger partial charge >= 0.3 is 11.9 Å². The standard InChI is InChI=1S/C25H20O6/c1-17(2)25(28)31-23-13-9-21(10-14-23)19-5-3-18(4-6-19)20-7-11-22(12-8-20)30-24(27)15-29-16-26/h3-14,16H,1,15H2,2H3. The number of hydrogen-bond acceptors (Lipinski definition) is 6. The van der Waals surface area contributed by atoms with Crippen molar-refractivity contribution in [1.29, 1.82) is 0 Å². The Balaban J connectivity index is 1.66. The van der Waals surface area contributed by atoms with Crippen LogP contribution >= 0.6 is 0 Å². The summed E-state index contributed by atoms with van der Waals surface area (Å²) in [5, 5.41) is 0. The molecule has 0 amide bonds. The van der Waals surface area contributed by atoms with Crippen molar-refractivity contribution in [1.82, 2.24) is 0 Å². The van der Waals surface area contributed by atoms with Crippen LogP contribution in [0, 0.1) is 0 Å². The molecule has 0 N–H and O–H groups in total. The van der Waals surface area contributed by atoms with Gasteiger partial charge in [0.05, 0.1) is 0 Å². The molecule has 0 saturated carbocycles. The van der Waals surface area contributed by atoms with E-state index in [-0.39, 0.29) is 6.47 Å². The van der Waals surface area contributed by atoms with Gasteiger partial charge in [0, 0.05) is 5.57 Å². The van der Waals surface area contributed by atoms with Crippen molar-refractivity contribution in [2.45, 2.75) is 6.92 Å². The smallest absolute Gasteiger partial charge is 0.349 e. The predicted octanol–water partition coefficient (Wildman–Crippen LogP) is 4.58. The van der Waals surface area contributed by atoms with Crippen molar-refractivity contribution >= 4 is 18.4 Å². The third-order valence-corrected chi connectivity index (χ3v) is 4.32. The Morgan fingerprint density at radius 2 is 1.13 bits per heavy atom. The van der Waals surface area contributed by atoms with Crippen molar-refractivity contribution in [2.24, 2.45) is 0 Å². The number of benzene rings is 3. The Hall–Kier alpha value is -4.19. The molecule has 0 fully saturated rings. The van der Waals surface area contributed by atoms with E-state index in [9.17, 15) is 14.4 Å². The van der Waals surface area contributed by atoms with Crippen LogP contribution in [0.15, 0.2) is 84.9 Å². The lowest BCUT2D eigenvalue weighted by Crippen LogP contribution is -2.14. The summed E-state index contributed by atoms with van der Waals surface area (Å²) in [5.74, 6) is -0.268. The largest absolute Gasteiger partial charge is 0.456 e. The summed E-state index contributed by atoms with van der Waals surface area (Å²) in [6, 6.07) is 22.2. The predicted molar refractivity (Wildman–Crippen MR) is 115 cm³/mol. The lowest BCUT2D eigenvalue weighted by atomic mass is 10.0. The average molecular weight is 416 g/mol. The molecule has 0 atom stereocenters. The van der Waals surface area contributed by atoms with Gasteiger partial charge in [-0.05, 0) is 53.4 Å². The molecular formula is C25H20O6. The Kier molecular flexibility index (Phi) is 6.96. The van der Waals surface area contributed by atoms with E-state index in [0.29, 0.717) is 17.1 Å². The van der Waals surface area contributed by atoms with E-state index >= 15 is 0 Å². The minimum Gasteiger partial charge on any atom is -0.456 e. The van der Waals surface area contributed by atoms with Crippen LogP contribution in [-0.2, 0) is 19.1 Å². The molecule has 3 aromatic rings. The van der Waals surface area contributed by atoms with Crippen LogP contribution in [0.2, 0.25) is 0 Å². The zero-order valence-electron chi connectivity index (χ0n) is 16.9. The highest BCUT2D eigenvalue weighted by Crippen LogP contribution is 2.27. The Morgan fingerprint density at radius 3 is 1.52 bits per heavy atom. The van der Waals surface area contributed by atoms with Gasteiger partial charge in [0.15, 0.2) is 6.61 Å². The maximum absolute atomic E-state index is 11.6. The fraction of sp³-hybridized carbons (Fsp3) is 0.0800. The molecule has 0 aromatic heterocycles. The van der Waals surface area contributed by atoms with Crippen molar-refractivity contribution in [3.05, 3.63) is 84.9 Å². The molecule has 3 aromatic carbocycles. The van der Waals surface area contributed by atoms with Crippen LogP contribution < -0.4 is 9.47 Å². The topological polar surface area (TPSA) is 78.9 Å². The van der Waals surface area contributed by atoms with Crippen LogP contribution in [0.25, 0.3) is 22.3 Å². The Morgan fingerprint density at radius 1 is 0.742 bits per heavy atom. The first-order chi connectivity index (χ1) is 15.0. The lowest BCUT2D eigenvalue weighted by molar-refractivity contribution is -0.145. The van der Waals surface area contributed by atoms with Crippen molar-refractivity contribution in [3.63, 3.8) is 0 Å². The first-order valence-corrected chi connectivity index (χ1v) is 9.41. The minimum absolute atomic E-state index is 0.195. The van der Waals surface area contributed by atoms with Gasteiger partial charge < -0.3 is 14.2 Å². The Bertz CT molecular complexity index is 1080. The number of esters is 2. The van der Waals surface area contributed by atoms with Gasteiger partial charge in [-0.15, -0.1) is 0 Å². The van der Waals surface area contributed by atoms with Crippen molar-refractivity contribution in [3.8, 4) is 33.8 Å². The van der Waals surface area contributed by atoms with E-state index < -0.39 is 18.5 Å². The molecule has 0 saturated heterocycles. The second-order valence-electron chi connectivity index (χ2n) is 6.68. The molecule has 0 radical (unpaired) electrons. The van der Waals surface area contributed by atoms with Gasteiger partial charge in [-0.25, -0.2) is 9.59 Å². The zero-order valence-corrected chi connectivity index (χ0v) is 16.9. The van der Waals surface area contributed by atoms with E-state index in [1.54, 1.807) is 31.2 Å². The number of hydrogen-bond donors (Lipinski definition) is 0. The summed E-state index contributed by atoms with van der Waals surface area (Å²) < 4.78 is 14.6. The Labute approximate surface area is 179 Å². The van der Waals surface area contributed by atoms with Crippen molar-refractivity contribution < 1.29 is 28.6 Å². The zero-order chi connectivity index (χ0) is 22.2. The third kappa shape index (κ3) is 5.90. The van der Waals surface area contributed by atoms with Gasteiger partial charge in [-0.2, -0.15) is 0 Å². The second-order valence-corrected chi connectivity index (χ2v) is 6.68. The number of rotatable bonds is 8. The van der Waals surface area contributed by atoms with Gasteiger partial charge in [-0.1, -0.05) is 55.1 Å². The highest BCUT2D eigenvalue weighted by atomic mass is 16.6. The molecule has 0 heterocycles. The highest BCUT2D eigenvalue weighted by Gasteiger charge is 2.07. The summed E-state index contributed by atoms with van der Waals surface area (Å²) in [7, 11) is 0. The van der Waals surface area contributed by atoms with Crippen LogP contribution in [-0.4, -0.2) is 25.0 Å². The van der Waals surface area contributed by atoms with Gasteiger partial charge in [0.1, 0.15) is 11.5 Å². The SMILES string of the molecule is C=C(C)C(=O)Oc1ccc(-c2ccc(-c3ccc(OC(=O)COC=O)cc3)cc2)cc1.